The molecule has 1 rings (SSSR count). The molecule has 1 aliphatic rings. The normalized spacial score (nSPS) is 34.1. The molecule has 1 aliphatic carbocycles. The minimum absolute atomic E-state index is 0.209. The minimum atomic E-state index is -3.18. The number of hydrogen-bond donors (Lipinski definition) is 0. The summed E-state index contributed by atoms with van der Waals surface area (Å²) in [6.45, 7) is 11.2. The first-order valence-electron chi connectivity index (χ1n) is 6.99. The average molecular weight is 260 g/mol. The zero-order valence-corrected chi connectivity index (χ0v) is 12.0. The summed E-state index contributed by atoms with van der Waals surface area (Å²) in [4.78, 5) is 0. The van der Waals surface area contributed by atoms with Crippen molar-refractivity contribution in [1.29, 1.82) is 0 Å². The molecule has 0 radical (unpaired) electrons. The van der Waals surface area contributed by atoms with E-state index in [0.29, 0.717) is 17.8 Å². The van der Waals surface area contributed by atoms with Gasteiger partial charge in [-0.3, -0.25) is 0 Å². The maximum Gasteiger partial charge on any atom is 0.379 e. The Balaban J connectivity index is 2.67. The average Bonchev–Trinajstić information content (AvgIpc) is 2.37. The van der Waals surface area contributed by atoms with Crippen molar-refractivity contribution in [3.05, 3.63) is 12.2 Å². The van der Waals surface area contributed by atoms with Gasteiger partial charge in [0.05, 0.1) is 6.10 Å². The molecule has 0 aliphatic heterocycles. The van der Waals surface area contributed by atoms with E-state index >= 15 is 0 Å². The largest absolute Gasteiger partial charge is 0.379 e. The van der Waals surface area contributed by atoms with Crippen LogP contribution >= 0.6 is 0 Å². The number of ether oxygens (including phenoxy) is 1. The second-order valence-electron chi connectivity index (χ2n) is 5.88. The van der Waals surface area contributed by atoms with Gasteiger partial charge in [-0.25, -0.2) is 0 Å². The lowest BCUT2D eigenvalue weighted by atomic mass is 9.81. The molecule has 4 atom stereocenters. The van der Waals surface area contributed by atoms with E-state index in [9.17, 15) is 8.78 Å². The molecule has 18 heavy (non-hydrogen) atoms. The van der Waals surface area contributed by atoms with E-state index < -0.39 is 6.11 Å². The zero-order chi connectivity index (χ0) is 13.9. The summed E-state index contributed by atoms with van der Waals surface area (Å²) in [6.07, 6.45) is 0.0211. The third-order valence-electron chi connectivity index (χ3n) is 4.32. The summed E-state index contributed by atoms with van der Waals surface area (Å²) >= 11 is 0. The van der Waals surface area contributed by atoms with E-state index in [-0.39, 0.29) is 11.7 Å². The summed E-state index contributed by atoms with van der Waals surface area (Å²) in [6, 6.07) is 0. The van der Waals surface area contributed by atoms with Crippen LogP contribution in [0.3, 0.4) is 0 Å². The van der Waals surface area contributed by atoms with Crippen LogP contribution in [0.15, 0.2) is 12.2 Å². The molecular weight excluding hydrogens is 234 g/mol. The van der Waals surface area contributed by atoms with Gasteiger partial charge in [-0.15, -0.1) is 0 Å². The molecule has 1 saturated carbocycles. The fraction of sp³-hybridized carbons (Fsp3) is 0.867. The van der Waals surface area contributed by atoms with Gasteiger partial charge < -0.3 is 4.74 Å². The molecule has 1 nitrogen and oxygen atoms in total. The summed E-state index contributed by atoms with van der Waals surface area (Å²) in [7, 11) is 0. The predicted octanol–water partition coefficient (Wildman–Crippen LogP) is 5.02. The molecule has 0 spiro atoms. The lowest BCUT2D eigenvalue weighted by molar-refractivity contribution is -0.238. The van der Waals surface area contributed by atoms with Crippen LogP contribution in [0.25, 0.3) is 0 Å². The Morgan fingerprint density at radius 3 is 2.39 bits per heavy atom. The molecule has 1 fully saturated rings. The summed E-state index contributed by atoms with van der Waals surface area (Å²) < 4.78 is 32.1. The van der Waals surface area contributed by atoms with E-state index in [0.717, 1.165) is 25.7 Å². The first kappa shape index (κ1) is 15.6. The fourth-order valence-electron chi connectivity index (χ4n) is 3.15. The van der Waals surface area contributed by atoms with E-state index in [1.165, 1.54) is 6.92 Å². The predicted molar refractivity (Wildman–Crippen MR) is 70.6 cm³/mol. The molecule has 0 saturated heterocycles. The van der Waals surface area contributed by atoms with Crippen molar-refractivity contribution < 1.29 is 13.5 Å². The van der Waals surface area contributed by atoms with Gasteiger partial charge in [-0.1, -0.05) is 33.8 Å². The van der Waals surface area contributed by atoms with Crippen LogP contribution in [-0.4, -0.2) is 12.2 Å². The van der Waals surface area contributed by atoms with Gasteiger partial charge in [0.25, 0.3) is 0 Å². The van der Waals surface area contributed by atoms with Crippen molar-refractivity contribution in [2.24, 2.45) is 17.8 Å². The second-order valence-corrected chi connectivity index (χ2v) is 5.88. The highest BCUT2D eigenvalue weighted by molar-refractivity contribution is 4.98. The first-order chi connectivity index (χ1) is 8.27. The Labute approximate surface area is 110 Å². The molecule has 0 N–H and O–H groups in total. The van der Waals surface area contributed by atoms with Crippen molar-refractivity contribution in [2.45, 2.75) is 65.6 Å². The quantitative estimate of drug-likeness (QED) is 0.509. The highest BCUT2D eigenvalue weighted by Crippen LogP contribution is 2.38. The van der Waals surface area contributed by atoms with Gasteiger partial charge in [0.1, 0.15) is 0 Å². The van der Waals surface area contributed by atoms with Crippen LogP contribution in [0, 0.1) is 17.8 Å². The lowest BCUT2D eigenvalue weighted by Gasteiger charge is -2.27. The van der Waals surface area contributed by atoms with Crippen molar-refractivity contribution in [2.75, 3.05) is 0 Å². The SMILES string of the molecule is C=C(C)C(F)(F)O[C@@H]1CCC(C)C(CC)C(C)C1. The van der Waals surface area contributed by atoms with Crippen molar-refractivity contribution in [3.8, 4) is 0 Å². The van der Waals surface area contributed by atoms with Crippen LogP contribution in [0.2, 0.25) is 0 Å². The fourth-order valence-corrected chi connectivity index (χ4v) is 3.15. The van der Waals surface area contributed by atoms with Gasteiger partial charge in [-0.2, -0.15) is 8.78 Å². The molecule has 3 heteroatoms. The molecule has 0 bridgehead atoms. The van der Waals surface area contributed by atoms with Crippen LogP contribution < -0.4 is 0 Å². The summed E-state index contributed by atoms with van der Waals surface area (Å²) in [5.41, 5.74) is -0.209. The third kappa shape index (κ3) is 3.78. The minimum Gasteiger partial charge on any atom is -0.313 e. The standard InChI is InChI=1S/C15H26F2O/c1-6-14-11(4)7-8-13(9-12(14)5)18-15(16,17)10(2)3/h11-14H,2,6-9H2,1,3-5H3/t11?,12?,13-,14?/m1/s1. The molecular formula is C15H26F2O. The van der Waals surface area contributed by atoms with Gasteiger partial charge in [-0.05, 0) is 43.9 Å². The topological polar surface area (TPSA) is 9.23 Å². The van der Waals surface area contributed by atoms with Crippen LogP contribution in [0.4, 0.5) is 8.78 Å². The molecule has 0 heterocycles. The Morgan fingerprint density at radius 2 is 1.89 bits per heavy atom. The molecule has 106 valence electrons. The van der Waals surface area contributed by atoms with Gasteiger partial charge >= 0.3 is 6.11 Å². The highest BCUT2D eigenvalue weighted by Gasteiger charge is 2.37. The summed E-state index contributed by atoms with van der Waals surface area (Å²) in [5.74, 6) is 1.66. The number of halogens is 2. The van der Waals surface area contributed by atoms with Crippen LogP contribution in [0.1, 0.15) is 53.4 Å². The van der Waals surface area contributed by atoms with E-state index in [1.807, 2.05) is 0 Å². The molecule has 0 aromatic heterocycles. The van der Waals surface area contributed by atoms with Crippen molar-refractivity contribution in [1.82, 2.24) is 0 Å². The number of hydrogen-bond acceptors (Lipinski definition) is 1. The number of rotatable bonds is 4. The Kier molecular flexibility index (Phi) is 5.32. The Bertz CT molecular complexity index is 288. The molecule has 0 aromatic rings. The third-order valence-corrected chi connectivity index (χ3v) is 4.32. The molecule has 3 unspecified atom stereocenters. The smallest absolute Gasteiger partial charge is 0.313 e. The van der Waals surface area contributed by atoms with Gasteiger partial charge in [0.2, 0.25) is 0 Å². The van der Waals surface area contributed by atoms with Crippen LogP contribution in [0.5, 0.6) is 0 Å². The van der Waals surface area contributed by atoms with Gasteiger partial charge in [0.15, 0.2) is 0 Å². The maximum atomic E-state index is 13.5. The highest BCUT2D eigenvalue weighted by atomic mass is 19.3. The molecule has 0 amide bonds. The Morgan fingerprint density at radius 1 is 1.28 bits per heavy atom. The van der Waals surface area contributed by atoms with Crippen molar-refractivity contribution >= 4 is 0 Å². The molecule has 0 aromatic carbocycles. The monoisotopic (exact) mass is 260 g/mol. The maximum absolute atomic E-state index is 13.5. The van der Waals surface area contributed by atoms with E-state index in [2.05, 4.69) is 27.4 Å². The Hall–Kier alpha value is -0.440. The zero-order valence-electron chi connectivity index (χ0n) is 12.0. The van der Waals surface area contributed by atoms with Crippen LogP contribution in [-0.2, 0) is 4.74 Å². The summed E-state index contributed by atoms with van der Waals surface area (Å²) in [5, 5.41) is 0. The van der Waals surface area contributed by atoms with E-state index in [4.69, 9.17) is 4.74 Å². The number of alkyl halides is 2. The van der Waals surface area contributed by atoms with E-state index in [1.54, 1.807) is 0 Å². The second kappa shape index (κ2) is 6.14. The van der Waals surface area contributed by atoms with Gasteiger partial charge in [0, 0.05) is 5.57 Å². The van der Waals surface area contributed by atoms with Crippen molar-refractivity contribution in [3.63, 3.8) is 0 Å². The lowest BCUT2D eigenvalue weighted by Crippen LogP contribution is -2.30. The first-order valence-corrected chi connectivity index (χ1v) is 6.99.